The van der Waals surface area contributed by atoms with Crippen LogP contribution in [0, 0.1) is 18.9 Å². The number of aliphatic hydroxyl groups is 1. The van der Waals surface area contributed by atoms with Crippen molar-refractivity contribution >= 4 is 5.78 Å². The topological polar surface area (TPSA) is 51.4 Å². The van der Waals surface area contributed by atoms with Crippen molar-refractivity contribution < 1.29 is 30.0 Å². The van der Waals surface area contributed by atoms with E-state index >= 15 is 0 Å². The van der Waals surface area contributed by atoms with E-state index in [0.717, 1.165) is 5.92 Å². The molecule has 1 heterocycles. The Morgan fingerprint density at radius 3 is 2.48 bits per heavy atom. The monoisotopic (exact) mass is 520 g/mol. The van der Waals surface area contributed by atoms with E-state index in [9.17, 15) is 4.79 Å². The molecule has 0 amide bonds. The molecule has 2 aliphatic rings. The van der Waals surface area contributed by atoms with E-state index in [1.165, 1.54) is 69.6 Å². The fourth-order valence-electron chi connectivity index (χ4n) is 3.65. The van der Waals surface area contributed by atoms with E-state index in [-0.39, 0.29) is 31.6 Å². The quantitative estimate of drug-likeness (QED) is 0.314. The van der Waals surface area contributed by atoms with Crippen LogP contribution in [0.2, 0.25) is 0 Å². The zero-order chi connectivity index (χ0) is 17.5. The Morgan fingerprint density at radius 2 is 1.92 bits per heavy atom. The summed E-state index contributed by atoms with van der Waals surface area (Å²) in [7, 11) is 0. The maximum absolute atomic E-state index is 10.0. The zero-order valence-corrected chi connectivity index (χ0v) is 17.8. The summed E-state index contributed by atoms with van der Waals surface area (Å²) in [5.74, 6) is 0.831. The van der Waals surface area contributed by atoms with Crippen LogP contribution in [0.4, 0.5) is 0 Å². The summed E-state index contributed by atoms with van der Waals surface area (Å²) in [4.78, 5) is 10.0. The van der Waals surface area contributed by atoms with Crippen molar-refractivity contribution in [1.82, 2.24) is 0 Å². The molecule has 0 spiro atoms. The number of fused-ring (bicyclic) bond motifs is 1. The van der Waals surface area contributed by atoms with Gasteiger partial charge in [-0.3, -0.25) is 4.79 Å². The predicted molar refractivity (Wildman–Crippen MR) is 98.2 cm³/mol. The number of ketones is 1. The number of hydrogen-bond donors (Lipinski definition) is 1. The van der Waals surface area contributed by atoms with Gasteiger partial charge in [0.2, 0.25) is 0 Å². The molecule has 1 saturated carbocycles. The predicted octanol–water partition coefficient (Wildman–Crippen LogP) is 5.60. The minimum Gasteiger partial charge on any atom is -0.654 e. The Hall–Kier alpha value is -0.961. The molecule has 4 heteroatoms. The summed E-state index contributed by atoms with van der Waals surface area (Å²) in [5, 5.41) is 13.4. The van der Waals surface area contributed by atoms with Gasteiger partial charge in [0, 0.05) is 26.2 Å². The smallest absolute Gasteiger partial charge is 0.155 e. The average molecular weight is 520 g/mol. The standard InChI is InChI=1S/C16H21N.C5H8O2.Ir/c1-12-6-8-14(9-7-12)16-11-10-13-4-2-3-5-15(13)17-16;1-4(6)3-5(2)7;/h6-8,13,15-16H,2-5,10-11H2,1H3;3,6H,1-2H3;/q-2;;/b;4-3-;. The van der Waals surface area contributed by atoms with Crippen molar-refractivity contribution in [3.63, 3.8) is 0 Å². The minimum atomic E-state index is -0.125. The van der Waals surface area contributed by atoms with Gasteiger partial charge in [-0.1, -0.05) is 51.4 Å². The second kappa shape index (κ2) is 10.9. The number of benzene rings is 1. The van der Waals surface area contributed by atoms with E-state index in [1.54, 1.807) is 0 Å². The summed E-state index contributed by atoms with van der Waals surface area (Å²) in [6, 6.07) is 11.0. The number of aryl methyl sites for hydroxylation is 1. The number of rotatable bonds is 2. The van der Waals surface area contributed by atoms with Crippen LogP contribution in [-0.4, -0.2) is 16.9 Å². The fraction of sp³-hybridized carbons (Fsp3) is 0.571. The summed E-state index contributed by atoms with van der Waals surface area (Å²) in [6.07, 6.45) is 9.33. The van der Waals surface area contributed by atoms with Crippen molar-refractivity contribution in [2.24, 2.45) is 5.92 Å². The number of carbonyl (C=O) groups is 1. The number of piperidine rings is 1. The maximum Gasteiger partial charge on any atom is 0.155 e. The van der Waals surface area contributed by atoms with Crippen LogP contribution in [-0.2, 0) is 24.9 Å². The summed E-state index contributed by atoms with van der Waals surface area (Å²) in [6.45, 7) is 4.97. The van der Waals surface area contributed by atoms with Crippen LogP contribution < -0.4 is 0 Å². The van der Waals surface area contributed by atoms with Gasteiger partial charge in [-0.05, 0) is 13.8 Å². The Balaban J connectivity index is 0.000000339. The Kier molecular flexibility index (Phi) is 9.63. The van der Waals surface area contributed by atoms with Gasteiger partial charge in [-0.2, -0.15) is 35.4 Å². The normalized spacial score (nSPS) is 25.7. The molecule has 1 aliphatic carbocycles. The van der Waals surface area contributed by atoms with E-state index in [1.807, 2.05) is 0 Å². The van der Waals surface area contributed by atoms with Crippen LogP contribution >= 0.6 is 0 Å². The van der Waals surface area contributed by atoms with E-state index in [4.69, 9.17) is 10.4 Å². The molecule has 2 fully saturated rings. The second-order valence-electron chi connectivity index (χ2n) is 7.07. The number of allylic oxidation sites excluding steroid dienone is 2. The van der Waals surface area contributed by atoms with Gasteiger partial charge in [0.1, 0.15) is 0 Å². The molecule has 1 aliphatic heterocycles. The Morgan fingerprint density at radius 1 is 1.20 bits per heavy atom. The molecular formula is C21H29IrNO2-2. The molecular weight excluding hydrogens is 490 g/mol. The van der Waals surface area contributed by atoms with Gasteiger partial charge in [0.25, 0.3) is 0 Å². The summed E-state index contributed by atoms with van der Waals surface area (Å²) in [5.41, 5.74) is 2.60. The number of carbonyl (C=O) groups excluding carboxylic acids is 1. The van der Waals surface area contributed by atoms with Gasteiger partial charge in [-0.25, -0.2) is 0 Å². The van der Waals surface area contributed by atoms with Crippen molar-refractivity contribution in [2.45, 2.75) is 71.4 Å². The van der Waals surface area contributed by atoms with Crippen LogP contribution in [0.1, 0.15) is 69.5 Å². The van der Waals surface area contributed by atoms with Gasteiger partial charge in [0.15, 0.2) is 5.78 Å². The first kappa shape index (κ1) is 22.1. The Labute approximate surface area is 165 Å². The van der Waals surface area contributed by atoms with Gasteiger partial charge in [0.05, 0.1) is 5.76 Å². The van der Waals surface area contributed by atoms with E-state index < -0.39 is 0 Å². The SMILES string of the molecule is CC(=O)/C=C(/C)O.Cc1c[c-]c(C2CCC3CCCCC3[N-]2)cc1.[Ir]. The summed E-state index contributed by atoms with van der Waals surface area (Å²) >= 11 is 0. The molecule has 1 radical (unpaired) electrons. The van der Waals surface area contributed by atoms with Crippen molar-refractivity contribution in [2.75, 3.05) is 0 Å². The largest absolute Gasteiger partial charge is 0.654 e. The first-order chi connectivity index (χ1) is 11.5. The van der Waals surface area contributed by atoms with Crippen molar-refractivity contribution in [3.8, 4) is 0 Å². The van der Waals surface area contributed by atoms with Crippen molar-refractivity contribution in [1.29, 1.82) is 0 Å². The molecule has 0 bridgehead atoms. The third-order valence-corrected chi connectivity index (χ3v) is 4.81. The first-order valence-corrected chi connectivity index (χ1v) is 9.01. The number of nitrogens with zero attached hydrogens (tertiary/aromatic N) is 1. The van der Waals surface area contributed by atoms with Gasteiger partial charge in [-0.15, -0.1) is 12.1 Å². The minimum absolute atomic E-state index is 0. The van der Waals surface area contributed by atoms with Crippen LogP contribution in [0.15, 0.2) is 30.0 Å². The van der Waals surface area contributed by atoms with Crippen molar-refractivity contribution in [3.05, 3.63) is 52.5 Å². The Bertz CT molecular complexity index is 564. The molecule has 1 aromatic carbocycles. The third kappa shape index (κ3) is 7.43. The molecule has 1 saturated heterocycles. The molecule has 3 rings (SSSR count). The third-order valence-electron chi connectivity index (χ3n) is 4.81. The van der Waals surface area contributed by atoms with Gasteiger partial charge < -0.3 is 10.4 Å². The average Bonchev–Trinajstić information content (AvgIpc) is 2.54. The second-order valence-corrected chi connectivity index (χ2v) is 7.07. The molecule has 141 valence electrons. The van der Waals surface area contributed by atoms with Gasteiger partial charge >= 0.3 is 0 Å². The molecule has 3 unspecified atom stereocenters. The first-order valence-electron chi connectivity index (χ1n) is 9.01. The molecule has 25 heavy (non-hydrogen) atoms. The van der Waals surface area contributed by atoms with E-state index in [0.29, 0.717) is 12.1 Å². The maximum atomic E-state index is 10.0. The van der Waals surface area contributed by atoms with E-state index in [2.05, 4.69) is 31.2 Å². The zero-order valence-electron chi connectivity index (χ0n) is 15.4. The molecule has 1 aromatic rings. The van der Waals surface area contributed by atoms with Crippen LogP contribution in [0.25, 0.3) is 5.32 Å². The fourth-order valence-corrected chi connectivity index (χ4v) is 3.65. The molecule has 1 N–H and O–H groups in total. The number of hydrogen-bond acceptors (Lipinski definition) is 2. The number of aliphatic hydroxyl groups excluding tert-OH is 1. The summed E-state index contributed by atoms with van der Waals surface area (Å²) < 4.78 is 0. The van der Waals surface area contributed by atoms with Crippen LogP contribution in [0.3, 0.4) is 0 Å². The molecule has 3 nitrogen and oxygen atoms in total. The molecule has 3 atom stereocenters. The molecule has 0 aromatic heterocycles. The van der Waals surface area contributed by atoms with Crippen LogP contribution in [0.5, 0.6) is 0 Å².